The van der Waals surface area contributed by atoms with Crippen molar-refractivity contribution >= 4 is 15.7 Å². The molecule has 1 N–H and O–H groups in total. The second-order valence-corrected chi connectivity index (χ2v) is 6.80. The Hall–Kier alpha value is -1.11. The summed E-state index contributed by atoms with van der Waals surface area (Å²) in [6.07, 6.45) is 1.85. The number of para-hydroxylation sites is 1. The second-order valence-electron chi connectivity index (χ2n) is 4.68. The maximum Gasteiger partial charge on any atom is 0.244 e. The van der Waals surface area contributed by atoms with E-state index in [4.69, 9.17) is 4.74 Å². The fourth-order valence-corrected chi connectivity index (χ4v) is 2.74. The van der Waals surface area contributed by atoms with Crippen LogP contribution < -0.4 is 5.32 Å². The molecule has 0 amide bonds. The first-order chi connectivity index (χ1) is 9.50. The lowest BCUT2D eigenvalue weighted by Crippen LogP contribution is -2.23. The molecule has 1 aromatic carbocycles. The molecule has 1 rings (SSSR count). The van der Waals surface area contributed by atoms with Gasteiger partial charge in [-0.2, -0.15) is 0 Å². The number of hydrogen-bond donors (Lipinski definition) is 1. The molecule has 1 aromatic rings. The van der Waals surface area contributed by atoms with Crippen LogP contribution in [0.2, 0.25) is 0 Å². The van der Waals surface area contributed by atoms with Gasteiger partial charge in [-0.3, -0.25) is 0 Å². The van der Waals surface area contributed by atoms with Crippen LogP contribution >= 0.6 is 0 Å². The highest BCUT2D eigenvalue weighted by atomic mass is 32.2. The summed E-state index contributed by atoms with van der Waals surface area (Å²) >= 11 is 0. The summed E-state index contributed by atoms with van der Waals surface area (Å²) in [4.78, 5) is 0.305. The average molecular weight is 300 g/mol. The third kappa shape index (κ3) is 4.77. The van der Waals surface area contributed by atoms with Crippen LogP contribution in [0.1, 0.15) is 19.8 Å². The SMILES string of the molecule is CCCOCCCNc1ccccc1S(=O)(=O)N(C)C. The number of benzene rings is 1. The lowest BCUT2D eigenvalue weighted by atomic mass is 10.3. The van der Waals surface area contributed by atoms with E-state index < -0.39 is 10.0 Å². The Morgan fingerprint density at radius 3 is 2.55 bits per heavy atom. The summed E-state index contributed by atoms with van der Waals surface area (Å²) < 4.78 is 31.0. The van der Waals surface area contributed by atoms with Gasteiger partial charge in [-0.05, 0) is 25.0 Å². The van der Waals surface area contributed by atoms with Gasteiger partial charge in [0.2, 0.25) is 10.0 Å². The van der Waals surface area contributed by atoms with Gasteiger partial charge in [0.15, 0.2) is 0 Å². The topological polar surface area (TPSA) is 58.6 Å². The fourth-order valence-electron chi connectivity index (χ4n) is 1.68. The minimum absolute atomic E-state index is 0.305. The molecule has 0 aromatic heterocycles. The average Bonchev–Trinajstić information content (AvgIpc) is 2.43. The first-order valence-corrected chi connectivity index (χ1v) is 8.27. The number of sulfonamides is 1. The van der Waals surface area contributed by atoms with Gasteiger partial charge in [-0.1, -0.05) is 19.1 Å². The highest BCUT2D eigenvalue weighted by molar-refractivity contribution is 7.89. The lowest BCUT2D eigenvalue weighted by Gasteiger charge is -2.16. The predicted octanol–water partition coefficient (Wildman–Crippen LogP) is 2.17. The van der Waals surface area contributed by atoms with Crippen LogP contribution in [0, 0.1) is 0 Å². The monoisotopic (exact) mass is 300 g/mol. The van der Waals surface area contributed by atoms with Crippen LogP contribution in [-0.4, -0.2) is 46.6 Å². The van der Waals surface area contributed by atoms with Gasteiger partial charge >= 0.3 is 0 Å². The summed E-state index contributed by atoms with van der Waals surface area (Å²) in [6, 6.07) is 6.95. The van der Waals surface area contributed by atoms with E-state index in [0.717, 1.165) is 19.4 Å². The van der Waals surface area contributed by atoms with Crippen LogP contribution in [0.4, 0.5) is 5.69 Å². The second kappa shape index (κ2) is 8.24. The Morgan fingerprint density at radius 2 is 1.90 bits per heavy atom. The van der Waals surface area contributed by atoms with E-state index in [1.54, 1.807) is 18.2 Å². The van der Waals surface area contributed by atoms with Crippen molar-refractivity contribution in [2.45, 2.75) is 24.7 Å². The number of rotatable bonds is 9. The van der Waals surface area contributed by atoms with Crippen molar-refractivity contribution in [3.8, 4) is 0 Å². The molecule has 114 valence electrons. The van der Waals surface area contributed by atoms with Gasteiger partial charge in [-0.25, -0.2) is 12.7 Å². The van der Waals surface area contributed by atoms with Gasteiger partial charge in [0, 0.05) is 33.9 Å². The van der Waals surface area contributed by atoms with Crippen molar-refractivity contribution in [3.63, 3.8) is 0 Å². The van der Waals surface area contributed by atoms with E-state index in [0.29, 0.717) is 23.7 Å². The van der Waals surface area contributed by atoms with Crippen molar-refractivity contribution in [1.82, 2.24) is 4.31 Å². The molecule has 0 radical (unpaired) electrons. The molecule has 0 aliphatic rings. The first-order valence-electron chi connectivity index (χ1n) is 6.83. The normalized spacial score (nSPS) is 11.8. The molecule has 0 heterocycles. The highest BCUT2D eigenvalue weighted by Crippen LogP contribution is 2.22. The van der Waals surface area contributed by atoms with Crippen molar-refractivity contribution in [1.29, 1.82) is 0 Å². The Bertz CT molecular complexity index is 501. The largest absolute Gasteiger partial charge is 0.384 e. The predicted molar refractivity (Wildman–Crippen MR) is 81.5 cm³/mol. The highest BCUT2D eigenvalue weighted by Gasteiger charge is 2.20. The van der Waals surface area contributed by atoms with E-state index in [1.165, 1.54) is 18.4 Å². The van der Waals surface area contributed by atoms with Gasteiger partial charge in [-0.15, -0.1) is 0 Å². The van der Waals surface area contributed by atoms with Crippen LogP contribution in [0.5, 0.6) is 0 Å². The van der Waals surface area contributed by atoms with Gasteiger partial charge in [0.05, 0.1) is 5.69 Å². The van der Waals surface area contributed by atoms with Crippen LogP contribution in [0.15, 0.2) is 29.2 Å². The molecule has 0 saturated heterocycles. The molecule has 0 unspecified atom stereocenters. The standard InChI is InChI=1S/C14H24N2O3S/c1-4-11-19-12-7-10-15-13-8-5-6-9-14(13)20(17,18)16(2)3/h5-6,8-9,15H,4,7,10-12H2,1-3H3. The Morgan fingerprint density at radius 1 is 1.20 bits per heavy atom. The summed E-state index contributed by atoms with van der Waals surface area (Å²) in [6.45, 7) is 4.21. The molecular weight excluding hydrogens is 276 g/mol. The van der Waals surface area contributed by atoms with E-state index in [9.17, 15) is 8.42 Å². The fraction of sp³-hybridized carbons (Fsp3) is 0.571. The molecule has 0 fully saturated rings. The molecule has 0 aliphatic carbocycles. The van der Waals surface area contributed by atoms with E-state index in [1.807, 2.05) is 6.07 Å². The molecule has 6 heteroatoms. The number of hydrogen-bond acceptors (Lipinski definition) is 4. The summed E-state index contributed by atoms with van der Waals surface area (Å²) in [7, 11) is -0.354. The molecule has 5 nitrogen and oxygen atoms in total. The van der Waals surface area contributed by atoms with Crippen molar-refractivity contribution in [3.05, 3.63) is 24.3 Å². The van der Waals surface area contributed by atoms with Gasteiger partial charge in [0.1, 0.15) is 4.90 Å². The van der Waals surface area contributed by atoms with Crippen molar-refractivity contribution in [2.75, 3.05) is 39.2 Å². The zero-order chi connectivity index (χ0) is 15.0. The minimum atomic E-state index is -3.42. The Labute approximate surface area is 122 Å². The zero-order valence-corrected chi connectivity index (χ0v) is 13.2. The number of nitrogens with one attached hydrogen (secondary N) is 1. The summed E-state index contributed by atoms with van der Waals surface area (Å²) in [5.41, 5.74) is 0.636. The molecule has 0 bridgehead atoms. The summed E-state index contributed by atoms with van der Waals surface area (Å²) in [5.74, 6) is 0. The zero-order valence-electron chi connectivity index (χ0n) is 12.4. The first kappa shape index (κ1) is 16.9. The van der Waals surface area contributed by atoms with Gasteiger partial charge in [0.25, 0.3) is 0 Å². The number of anilines is 1. The smallest absolute Gasteiger partial charge is 0.244 e. The van der Waals surface area contributed by atoms with Crippen LogP contribution in [0.3, 0.4) is 0 Å². The maximum absolute atomic E-state index is 12.2. The third-order valence-electron chi connectivity index (χ3n) is 2.78. The van der Waals surface area contributed by atoms with Crippen LogP contribution in [0.25, 0.3) is 0 Å². The molecule has 0 atom stereocenters. The number of nitrogens with zero attached hydrogens (tertiary/aromatic N) is 1. The molecule has 0 aliphatic heterocycles. The Balaban J connectivity index is 2.63. The van der Waals surface area contributed by atoms with E-state index >= 15 is 0 Å². The molecule has 0 spiro atoms. The molecule has 20 heavy (non-hydrogen) atoms. The Kier molecular flexibility index (Phi) is 6.98. The van der Waals surface area contributed by atoms with Crippen LogP contribution in [-0.2, 0) is 14.8 Å². The summed E-state index contributed by atoms with van der Waals surface area (Å²) in [5, 5.41) is 3.17. The maximum atomic E-state index is 12.2. The van der Waals surface area contributed by atoms with E-state index in [2.05, 4.69) is 12.2 Å². The van der Waals surface area contributed by atoms with E-state index in [-0.39, 0.29) is 0 Å². The minimum Gasteiger partial charge on any atom is -0.384 e. The quantitative estimate of drug-likeness (QED) is 0.710. The molecule has 0 saturated carbocycles. The lowest BCUT2D eigenvalue weighted by molar-refractivity contribution is 0.134. The third-order valence-corrected chi connectivity index (χ3v) is 4.65. The van der Waals surface area contributed by atoms with Gasteiger partial charge < -0.3 is 10.1 Å². The van der Waals surface area contributed by atoms with Crippen molar-refractivity contribution < 1.29 is 13.2 Å². The van der Waals surface area contributed by atoms with Crippen molar-refractivity contribution in [2.24, 2.45) is 0 Å². The number of ether oxygens (including phenoxy) is 1. The molecular formula is C14H24N2O3S.